The van der Waals surface area contributed by atoms with Crippen molar-refractivity contribution in [3.63, 3.8) is 0 Å². The van der Waals surface area contributed by atoms with Gasteiger partial charge in [-0.15, -0.1) is 5.06 Å². The van der Waals surface area contributed by atoms with Gasteiger partial charge in [-0.1, -0.05) is 30.7 Å². The molecule has 4 saturated heterocycles. The van der Waals surface area contributed by atoms with Gasteiger partial charge in [-0.05, 0) is 88.8 Å². The van der Waals surface area contributed by atoms with Crippen LogP contribution in [0, 0.1) is 5.92 Å². The molecule has 1 aromatic carbocycles. The third kappa shape index (κ3) is 14.2. The second-order valence-corrected chi connectivity index (χ2v) is 16.1. The number of hydrogen-bond donors (Lipinski definition) is 2. The first-order valence-electron chi connectivity index (χ1n) is 20.7. The Morgan fingerprint density at radius 1 is 1.02 bits per heavy atom. The molecule has 16 nitrogen and oxygen atoms in total. The quantitative estimate of drug-likeness (QED) is 0.0303. The third-order valence-electron chi connectivity index (χ3n) is 10.8. The number of nitrogens with zero attached hydrogens (tertiary/aromatic N) is 2. The average molecular weight is 835 g/mol. The number of carbonyl (C=O) groups is 6. The van der Waals surface area contributed by atoms with Gasteiger partial charge < -0.3 is 33.8 Å². The number of rotatable bonds is 18. The lowest BCUT2D eigenvalue weighted by Gasteiger charge is -2.39. The molecule has 4 amide bonds. The molecule has 4 heterocycles. The Hall–Kier alpha value is -5.19. The van der Waals surface area contributed by atoms with Crippen LogP contribution >= 0.6 is 0 Å². The molecule has 4 fully saturated rings. The number of hydrogen-bond acceptors (Lipinski definition) is 13. The number of amides is 4. The fraction of sp³-hybridized carbons (Fsp3) is 0.568. The Kier molecular flexibility index (Phi) is 16.3. The Balaban J connectivity index is 1.01. The molecule has 16 heteroatoms. The van der Waals surface area contributed by atoms with Crippen molar-refractivity contribution in [2.75, 3.05) is 13.2 Å². The summed E-state index contributed by atoms with van der Waals surface area (Å²) in [7, 11) is 0. The van der Waals surface area contributed by atoms with Crippen molar-refractivity contribution in [1.82, 2.24) is 15.8 Å². The monoisotopic (exact) mass is 834 g/mol. The van der Waals surface area contributed by atoms with E-state index in [2.05, 4.69) is 28.8 Å². The summed E-state index contributed by atoms with van der Waals surface area (Å²) in [6.07, 6.45) is 11.3. The van der Waals surface area contributed by atoms with Crippen LogP contribution in [0.4, 0.5) is 0 Å². The van der Waals surface area contributed by atoms with Gasteiger partial charge in [0.1, 0.15) is 11.9 Å². The molecular formula is C44H58N4O12. The largest absolute Gasteiger partial charge is 0.494 e. The molecule has 0 radical (unpaired) electrons. The van der Waals surface area contributed by atoms with Gasteiger partial charge in [0.2, 0.25) is 11.8 Å². The van der Waals surface area contributed by atoms with E-state index in [4.69, 9.17) is 28.5 Å². The van der Waals surface area contributed by atoms with Crippen LogP contribution in [0.5, 0.6) is 5.75 Å². The zero-order valence-electron chi connectivity index (χ0n) is 35.3. The highest BCUT2D eigenvalue weighted by atomic mass is 16.7. The topological polar surface area (TPSA) is 201 Å². The Morgan fingerprint density at radius 3 is 2.42 bits per heavy atom. The number of benzene rings is 1. The number of imide groups is 1. The zero-order valence-corrected chi connectivity index (χ0v) is 35.3. The lowest BCUT2D eigenvalue weighted by Crippen LogP contribution is -2.50. The number of ether oxygens (including phenoxy) is 5. The van der Waals surface area contributed by atoms with Crippen molar-refractivity contribution >= 4 is 41.3 Å². The summed E-state index contributed by atoms with van der Waals surface area (Å²) in [6.45, 7) is 11.8. The van der Waals surface area contributed by atoms with Crippen LogP contribution in [0.3, 0.4) is 0 Å². The molecule has 2 N–H and O–H groups in total. The van der Waals surface area contributed by atoms with Crippen LogP contribution in [0.1, 0.15) is 105 Å². The van der Waals surface area contributed by atoms with E-state index in [1.54, 1.807) is 32.1 Å². The maximum atomic E-state index is 13.0. The van der Waals surface area contributed by atoms with Crippen LogP contribution in [-0.2, 0) is 52.6 Å². The molecule has 326 valence electrons. The van der Waals surface area contributed by atoms with Crippen LogP contribution < -0.4 is 15.5 Å². The average Bonchev–Trinajstić information content (AvgIpc) is 3.87. The standard InChI is InChI=1S/C44H58N4O12/c1-27(10-17-38-28(2)22-37(31(5)58-38)45-39(50)18-11-29(3)57-32(6)49)9-14-35-24-44(26-56-44)25-36(59-35)23-40(51)47-46-30(4)33-12-15-34(16-13-33)55-21-7-8-43(54)60-48-41(52)19-20-42(48)53/h9-16,18,28-29,31,35-38H,7-8,17,19-26H2,1-6H3,(H,45,50)(H,47,51)/b14-9+,18-11?,27-10+,46-30+/t28-,29?,31+,35+,36+,37+,38-,44+/m0/s1. The van der Waals surface area contributed by atoms with Gasteiger partial charge in [0.15, 0.2) is 0 Å². The predicted octanol–water partition coefficient (Wildman–Crippen LogP) is 4.70. The fourth-order valence-electron chi connectivity index (χ4n) is 7.34. The van der Waals surface area contributed by atoms with E-state index in [-0.39, 0.29) is 86.1 Å². The van der Waals surface area contributed by atoms with E-state index in [1.165, 1.54) is 13.0 Å². The normalized spacial score (nSPS) is 27.6. The van der Waals surface area contributed by atoms with Gasteiger partial charge in [-0.25, -0.2) is 10.2 Å². The summed E-state index contributed by atoms with van der Waals surface area (Å²) in [5.41, 5.74) is 4.82. The van der Waals surface area contributed by atoms with Crippen LogP contribution in [0.15, 0.2) is 65.3 Å². The van der Waals surface area contributed by atoms with E-state index in [1.807, 2.05) is 38.1 Å². The number of nitrogens with one attached hydrogen (secondary N) is 2. The molecule has 0 saturated carbocycles. The van der Waals surface area contributed by atoms with Crippen molar-refractivity contribution in [3.8, 4) is 5.75 Å². The number of epoxide rings is 1. The third-order valence-corrected chi connectivity index (χ3v) is 10.8. The predicted molar refractivity (Wildman–Crippen MR) is 218 cm³/mol. The summed E-state index contributed by atoms with van der Waals surface area (Å²) in [5, 5.41) is 7.84. The van der Waals surface area contributed by atoms with Gasteiger partial charge in [0.25, 0.3) is 11.8 Å². The summed E-state index contributed by atoms with van der Waals surface area (Å²) in [4.78, 5) is 76.6. The number of allylic oxidation sites excluding steroid dienone is 2. The molecule has 5 rings (SSSR count). The molecule has 0 aliphatic carbocycles. The SMILES string of the molecule is CC(=O)OC(C)C=CC(=O)N[C@@H]1C[C@H](C)[C@H](C/C=C(C)/C=C/[C@@H]2C[C@]3(CO3)C[C@@H](CC(=O)N/N=C(\C)c3ccc(OCCCC(=O)ON4C(=O)CCC4=O)cc3)O2)O[C@@H]1C. The van der Waals surface area contributed by atoms with Crippen molar-refractivity contribution in [2.45, 2.75) is 141 Å². The second kappa shape index (κ2) is 21.4. The van der Waals surface area contributed by atoms with Gasteiger partial charge in [-0.2, -0.15) is 5.10 Å². The summed E-state index contributed by atoms with van der Waals surface area (Å²) < 4.78 is 29.2. The molecule has 0 bridgehead atoms. The van der Waals surface area contributed by atoms with Gasteiger partial charge in [0.05, 0.1) is 67.8 Å². The summed E-state index contributed by atoms with van der Waals surface area (Å²) >= 11 is 0. The Morgan fingerprint density at radius 2 is 1.73 bits per heavy atom. The maximum absolute atomic E-state index is 13.0. The molecule has 8 atom stereocenters. The van der Waals surface area contributed by atoms with E-state index < -0.39 is 29.9 Å². The second-order valence-electron chi connectivity index (χ2n) is 16.1. The molecule has 4 aliphatic heterocycles. The molecular weight excluding hydrogens is 777 g/mol. The van der Waals surface area contributed by atoms with Gasteiger partial charge in [0, 0.05) is 38.7 Å². The lowest BCUT2D eigenvalue weighted by atomic mass is 9.88. The lowest BCUT2D eigenvalue weighted by molar-refractivity contribution is -0.197. The minimum atomic E-state index is -0.675. The Bertz CT molecular complexity index is 1840. The zero-order chi connectivity index (χ0) is 43.4. The highest BCUT2D eigenvalue weighted by Gasteiger charge is 2.51. The van der Waals surface area contributed by atoms with E-state index >= 15 is 0 Å². The molecule has 4 aliphatic rings. The van der Waals surface area contributed by atoms with E-state index in [0.29, 0.717) is 42.4 Å². The Labute approximate surface area is 351 Å². The molecule has 0 aromatic heterocycles. The molecule has 1 spiro atoms. The van der Waals surface area contributed by atoms with Gasteiger partial charge in [-0.3, -0.25) is 24.0 Å². The minimum absolute atomic E-state index is 0.000272. The van der Waals surface area contributed by atoms with Crippen LogP contribution in [0.25, 0.3) is 0 Å². The van der Waals surface area contributed by atoms with E-state index in [9.17, 15) is 28.8 Å². The first-order chi connectivity index (χ1) is 28.6. The molecule has 60 heavy (non-hydrogen) atoms. The van der Waals surface area contributed by atoms with Crippen molar-refractivity contribution < 1.29 is 57.3 Å². The van der Waals surface area contributed by atoms with Crippen molar-refractivity contribution in [3.05, 3.63) is 65.8 Å². The molecule has 1 aromatic rings. The number of hydrazone groups is 1. The van der Waals surface area contributed by atoms with Crippen LogP contribution in [0.2, 0.25) is 0 Å². The highest BCUT2D eigenvalue weighted by molar-refractivity contribution is 6.01. The van der Waals surface area contributed by atoms with Crippen molar-refractivity contribution in [2.24, 2.45) is 11.0 Å². The summed E-state index contributed by atoms with van der Waals surface area (Å²) in [6, 6.07) is 7.00. The van der Waals surface area contributed by atoms with Crippen LogP contribution in [-0.4, -0.2) is 102 Å². The van der Waals surface area contributed by atoms with E-state index in [0.717, 1.165) is 24.0 Å². The summed E-state index contributed by atoms with van der Waals surface area (Å²) in [5.74, 6) is -1.84. The fourth-order valence-corrected chi connectivity index (χ4v) is 7.34. The number of carbonyl (C=O) groups excluding carboxylic acids is 6. The van der Waals surface area contributed by atoms with Gasteiger partial charge >= 0.3 is 11.9 Å². The first kappa shape index (κ1) is 45.9. The molecule has 1 unspecified atom stereocenters. The number of esters is 1. The minimum Gasteiger partial charge on any atom is -0.494 e. The number of hydroxylamine groups is 2. The first-order valence-corrected chi connectivity index (χ1v) is 20.7. The maximum Gasteiger partial charge on any atom is 0.333 e. The smallest absolute Gasteiger partial charge is 0.333 e. The van der Waals surface area contributed by atoms with Crippen molar-refractivity contribution in [1.29, 1.82) is 0 Å². The highest BCUT2D eigenvalue weighted by Crippen LogP contribution is 2.43.